The third-order valence-electron chi connectivity index (χ3n) is 2.95. The SMILES string of the molecule is CC(C)CS(=O)(=O)CC(=O)Nc1ccc2sc(C(=O)O)cc2c1. The molecule has 0 spiro atoms. The summed E-state index contributed by atoms with van der Waals surface area (Å²) in [5.41, 5.74) is 0.442. The number of amides is 1. The molecule has 2 N–H and O–H groups in total. The van der Waals surface area contributed by atoms with Gasteiger partial charge in [0, 0.05) is 10.4 Å². The standard InChI is InChI=1S/C15H17NO5S2/c1-9(2)7-23(20,21)8-14(17)16-11-3-4-12-10(5-11)6-13(22-12)15(18)19/h3-6,9H,7-8H2,1-2H3,(H,16,17)(H,18,19). The Balaban J connectivity index is 2.12. The molecule has 0 fully saturated rings. The highest BCUT2D eigenvalue weighted by Gasteiger charge is 2.18. The van der Waals surface area contributed by atoms with Crippen LogP contribution in [0.5, 0.6) is 0 Å². The molecule has 1 aromatic heterocycles. The van der Waals surface area contributed by atoms with Crippen molar-refractivity contribution in [2.45, 2.75) is 13.8 Å². The van der Waals surface area contributed by atoms with Gasteiger partial charge < -0.3 is 10.4 Å². The van der Waals surface area contributed by atoms with Crippen LogP contribution in [0.15, 0.2) is 24.3 Å². The van der Waals surface area contributed by atoms with Gasteiger partial charge in [-0.15, -0.1) is 11.3 Å². The van der Waals surface area contributed by atoms with Gasteiger partial charge in [-0.05, 0) is 35.6 Å². The van der Waals surface area contributed by atoms with Crippen LogP contribution in [0.25, 0.3) is 10.1 Å². The fraction of sp³-hybridized carbons (Fsp3) is 0.333. The Morgan fingerprint density at radius 3 is 2.57 bits per heavy atom. The van der Waals surface area contributed by atoms with Gasteiger partial charge in [-0.3, -0.25) is 4.79 Å². The van der Waals surface area contributed by atoms with Gasteiger partial charge in [0.1, 0.15) is 10.6 Å². The monoisotopic (exact) mass is 355 g/mol. The maximum absolute atomic E-state index is 11.9. The summed E-state index contributed by atoms with van der Waals surface area (Å²) in [5, 5.41) is 12.2. The van der Waals surface area contributed by atoms with Gasteiger partial charge >= 0.3 is 5.97 Å². The lowest BCUT2D eigenvalue weighted by molar-refractivity contribution is -0.113. The van der Waals surface area contributed by atoms with E-state index in [9.17, 15) is 18.0 Å². The van der Waals surface area contributed by atoms with Gasteiger partial charge in [-0.2, -0.15) is 0 Å². The predicted molar refractivity (Wildman–Crippen MR) is 90.9 cm³/mol. The minimum Gasteiger partial charge on any atom is -0.477 e. The number of carbonyl (C=O) groups excluding carboxylic acids is 1. The minimum atomic E-state index is -3.44. The number of thiophene rings is 1. The smallest absolute Gasteiger partial charge is 0.345 e. The fourth-order valence-corrected chi connectivity index (χ4v) is 4.68. The van der Waals surface area contributed by atoms with Crippen LogP contribution in [-0.4, -0.2) is 36.9 Å². The second-order valence-electron chi connectivity index (χ2n) is 5.67. The van der Waals surface area contributed by atoms with Crippen molar-refractivity contribution >= 4 is 48.8 Å². The highest BCUT2D eigenvalue weighted by atomic mass is 32.2. The highest BCUT2D eigenvalue weighted by molar-refractivity contribution is 7.92. The van der Waals surface area contributed by atoms with Crippen molar-refractivity contribution < 1.29 is 23.1 Å². The summed E-state index contributed by atoms with van der Waals surface area (Å²) in [6, 6.07) is 6.47. The summed E-state index contributed by atoms with van der Waals surface area (Å²) in [6.45, 7) is 3.56. The van der Waals surface area contributed by atoms with Gasteiger partial charge in [0.25, 0.3) is 0 Å². The molecule has 0 bridgehead atoms. The van der Waals surface area contributed by atoms with Gasteiger partial charge in [-0.1, -0.05) is 13.8 Å². The zero-order chi connectivity index (χ0) is 17.2. The first-order valence-corrected chi connectivity index (χ1v) is 9.57. The number of hydrogen-bond acceptors (Lipinski definition) is 5. The number of aromatic carboxylic acids is 1. The van der Waals surface area contributed by atoms with E-state index in [2.05, 4.69) is 5.32 Å². The van der Waals surface area contributed by atoms with Crippen LogP contribution in [0.1, 0.15) is 23.5 Å². The second kappa shape index (κ2) is 6.67. The Hall–Kier alpha value is -1.93. The number of benzene rings is 1. The lowest BCUT2D eigenvalue weighted by Crippen LogP contribution is -2.26. The molecule has 23 heavy (non-hydrogen) atoms. The third kappa shape index (κ3) is 4.77. The van der Waals surface area contributed by atoms with E-state index in [1.807, 2.05) is 0 Å². The van der Waals surface area contributed by atoms with Crippen LogP contribution in [0, 0.1) is 5.92 Å². The molecule has 1 aromatic carbocycles. The molecular weight excluding hydrogens is 338 g/mol. The zero-order valence-corrected chi connectivity index (χ0v) is 14.3. The van der Waals surface area contributed by atoms with Crippen molar-refractivity contribution in [1.29, 1.82) is 0 Å². The Morgan fingerprint density at radius 1 is 1.26 bits per heavy atom. The van der Waals surface area contributed by atoms with Crippen LogP contribution in [0.3, 0.4) is 0 Å². The predicted octanol–water partition coefficient (Wildman–Crippen LogP) is 2.61. The summed E-state index contributed by atoms with van der Waals surface area (Å²) >= 11 is 1.14. The Labute approximate surface area is 138 Å². The molecule has 0 unspecified atom stereocenters. The molecule has 124 valence electrons. The molecule has 2 aromatic rings. The third-order valence-corrected chi connectivity index (χ3v) is 5.93. The zero-order valence-electron chi connectivity index (χ0n) is 12.7. The molecule has 0 saturated heterocycles. The molecule has 6 nitrogen and oxygen atoms in total. The molecule has 0 saturated carbocycles. The van der Waals surface area contributed by atoms with E-state index in [1.165, 1.54) is 6.07 Å². The van der Waals surface area contributed by atoms with Crippen LogP contribution in [0.2, 0.25) is 0 Å². The molecule has 1 amide bonds. The number of carbonyl (C=O) groups is 2. The van der Waals surface area contributed by atoms with E-state index in [0.29, 0.717) is 11.1 Å². The number of carboxylic acids is 1. The summed E-state index contributed by atoms with van der Waals surface area (Å²) in [6.07, 6.45) is 0. The van der Waals surface area contributed by atoms with Gasteiger partial charge in [0.15, 0.2) is 9.84 Å². The number of sulfone groups is 1. The van der Waals surface area contributed by atoms with Crippen LogP contribution >= 0.6 is 11.3 Å². The summed E-state index contributed by atoms with van der Waals surface area (Å²) < 4.78 is 24.4. The highest BCUT2D eigenvalue weighted by Crippen LogP contribution is 2.28. The first-order valence-electron chi connectivity index (χ1n) is 6.93. The molecule has 0 radical (unpaired) electrons. The normalized spacial score (nSPS) is 11.8. The molecular formula is C15H17NO5S2. The second-order valence-corrected chi connectivity index (χ2v) is 8.86. The Bertz CT molecular complexity index is 852. The largest absolute Gasteiger partial charge is 0.477 e. The average molecular weight is 355 g/mol. The van der Waals surface area contributed by atoms with E-state index in [-0.39, 0.29) is 16.5 Å². The quantitative estimate of drug-likeness (QED) is 0.829. The van der Waals surface area contributed by atoms with E-state index in [4.69, 9.17) is 5.11 Å². The minimum absolute atomic E-state index is 0.0358. The first-order chi connectivity index (χ1) is 10.7. The van der Waals surface area contributed by atoms with Crippen molar-refractivity contribution in [3.8, 4) is 0 Å². The van der Waals surface area contributed by atoms with Gasteiger partial charge in [0.05, 0.1) is 5.75 Å². The van der Waals surface area contributed by atoms with E-state index >= 15 is 0 Å². The number of hydrogen-bond donors (Lipinski definition) is 2. The molecule has 1 heterocycles. The Kier molecular flexibility index (Phi) is 5.06. The van der Waals surface area contributed by atoms with Gasteiger partial charge in [0.2, 0.25) is 5.91 Å². The van der Waals surface area contributed by atoms with E-state index in [0.717, 1.165) is 16.0 Å². The van der Waals surface area contributed by atoms with Gasteiger partial charge in [-0.25, -0.2) is 13.2 Å². The lowest BCUT2D eigenvalue weighted by atomic mass is 10.2. The molecule has 0 aliphatic rings. The number of anilines is 1. The summed E-state index contributed by atoms with van der Waals surface area (Å²) in [4.78, 5) is 23.0. The van der Waals surface area contributed by atoms with Crippen molar-refractivity contribution in [2.24, 2.45) is 5.92 Å². The average Bonchev–Trinajstić information content (AvgIpc) is 2.79. The maximum Gasteiger partial charge on any atom is 0.345 e. The number of nitrogens with one attached hydrogen (secondary N) is 1. The van der Waals surface area contributed by atoms with E-state index < -0.39 is 27.5 Å². The van der Waals surface area contributed by atoms with Crippen LogP contribution in [-0.2, 0) is 14.6 Å². The molecule has 8 heteroatoms. The van der Waals surface area contributed by atoms with Crippen molar-refractivity contribution in [3.63, 3.8) is 0 Å². The number of fused-ring (bicyclic) bond motifs is 1. The topological polar surface area (TPSA) is 101 Å². The van der Waals surface area contributed by atoms with Crippen LogP contribution < -0.4 is 5.32 Å². The van der Waals surface area contributed by atoms with E-state index in [1.54, 1.807) is 32.0 Å². The fourth-order valence-electron chi connectivity index (χ4n) is 2.19. The summed E-state index contributed by atoms with van der Waals surface area (Å²) in [7, 11) is -3.44. The number of carboxylic acid groups (broad SMARTS) is 1. The maximum atomic E-state index is 11.9. The number of rotatable bonds is 6. The van der Waals surface area contributed by atoms with Crippen molar-refractivity contribution in [3.05, 3.63) is 29.1 Å². The van der Waals surface area contributed by atoms with Crippen molar-refractivity contribution in [1.82, 2.24) is 0 Å². The molecule has 0 aliphatic heterocycles. The molecule has 0 atom stereocenters. The lowest BCUT2D eigenvalue weighted by Gasteiger charge is -2.08. The van der Waals surface area contributed by atoms with Crippen LogP contribution in [0.4, 0.5) is 5.69 Å². The molecule has 2 rings (SSSR count). The Morgan fingerprint density at radius 2 is 1.96 bits per heavy atom. The molecule has 0 aliphatic carbocycles. The first kappa shape index (κ1) is 17.4. The van der Waals surface area contributed by atoms with Crippen molar-refractivity contribution in [2.75, 3.05) is 16.8 Å². The summed E-state index contributed by atoms with van der Waals surface area (Å²) in [5.74, 6) is -2.24.